The first-order valence-corrected chi connectivity index (χ1v) is 7.50. The third-order valence-electron chi connectivity index (χ3n) is 3.92. The van der Waals surface area contributed by atoms with Crippen molar-refractivity contribution in [2.45, 2.75) is 31.2 Å². The van der Waals surface area contributed by atoms with E-state index in [4.69, 9.17) is 16.3 Å². The van der Waals surface area contributed by atoms with Crippen molar-refractivity contribution in [1.82, 2.24) is 10.6 Å². The molecule has 6 heteroatoms. The largest absolute Gasteiger partial charge is 0.493 e. The average Bonchev–Trinajstić information content (AvgIpc) is 2.46. The lowest BCUT2D eigenvalue weighted by Gasteiger charge is -2.29. The van der Waals surface area contributed by atoms with Crippen LogP contribution in [0.3, 0.4) is 0 Å². The number of piperidine rings is 1. The summed E-state index contributed by atoms with van der Waals surface area (Å²) in [5, 5.41) is 6.33. The van der Waals surface area contributed by atoms with Gasteiger partial charge in [0.25, 0.3) is 0 Å². The Morgan fingerprint density at radius 2 is 2.24 bits per heavy atom. The van der Waals surface area contributed by atoms with Crippen molar-refractivity contribution in [2.24, 2.45) is 0 Å². The fourth-order valence-corrected chi connectivity index (χ4v) is 3.03. The number of carbonyl (C=O) groups is 2. The first kappa shape index (κ1) is 14.2. The molecule has 112 valence electrons. The number of ether oxygens (including phenoxy) is 1. The highest BCUT2D eigenvalue weighted by Crippen LogP contribution is 2.35. The van der Waals surface area contributed by atoms with Crippen LogP contribution in [0.4, 0.5) is 0 Å². The van der Waals surface area contributed by atoms with Gasteiger partial charge >= 0.3 is 0 Å². The summed E-state index contributed by atoms with van der Waals surface area (Å²) in [6, 6.07) is 5.25. The Balaban J connectivity index is 1.74. The van der Waals surface area contributed by atoms with Crippen LogP contribution < -0.4 is 15.4 Å². The number of hydrogen-bond donors (Lipinski definition) is 2. The smallest absolute Gasteiger partial charge is 0.228 e. The zero-order valence-corrected chi connectivity index (χ0v) is 12.3. The van der Waals surface area contributed by atoms with Gasteiger partial charge in [0, 0.05) is 29.6 Å². The predicted molar refractivity (Wildman–Crippen MR) is 78.5 cm³/mol. The molecule has 1 aromatic rings. The Kier molecular flexibility index (Phi) is 4.01. The highest BCUT2D eigenvalue weighted by Gasteiger charge is 2.30. The molecule has 5 nitrogen and oxygen atoms in total. The molecule has 1 aromatic carbocycles. The molecule has 21 heavy (non-hydrogen) atoms. The van der Waals surface area contributed by atoms with Crippen LogP contribution in [0.2, 0.25) is 5.02 Å². The second-order valence-electron chi connectivity index (χ2n) is 5.42. The van der Waals surface area contributed by atoms with E-state index in [9.17, 15) is 9.59 Å². The molecule has 2 aliphatic rings. The molecule has 0 aromatic heterocycles. The van der Waals surface area contributed by atoms with Gasteiger partial charge < -0.3 is 15.4 Å². The van der Waals surface area contributed by atoms with E-state index in [1.165, 1.54) is 0 Å². The molecule has 2 atom stereocenters. The molecule has 2 aliphatic heterocycles. The number of halogens is 1. The Morgan fingerprint density at radius 1 is 1.38 bits per heavy atom. The van der Waals surface area contributed by atoms with Gasteiger partial charge in [0.2, 0.25) is 11.8 Å². The summed E-state index contributed by atoms with van der Waals surface area (Å²) in [6.45, 7) is 1.12. The first-order chi connectivity index (χ1) is 10.1. The lowest BCUT2D eigenvalue weighted by atomic mass is 9.91. The lowest BCUT2D eigenvalue weighted by molar-refractivity contribution is -0.126. The Morgan fingerprint density at radius 3 is 3.05 bits per heavy atom. The summed E-state index contributed by atoms with van der Waals surface area (Å²) < 4.78 is 5.56. The first-order valence-electron chi connectivity index (χ1n) is 7.13. The zero-order chi connectivity index (χ0) is 14.8. The number of amides is 2. The zero-order valence-electron chi connectivity index (χ0n) is 11.5. The summed E-state index contributed by atoms with van der Waals surface area (Å²) in [5.41, 5.74) is 0.825. The van der Waals surface area contributed by atoms with Crippen molar-refractivity contribution in [1.29, 1.82) is 0 Å². The SMILES string of the molecule is O=C1CC(NC(=O)C2CCOc3ccc(Cl)cc32)CCN1. The summed E-state index contributed by atoms with van der Waals surface area (Å²) in [4.78, 5) is 23.9. The second-order valence-corrected chi connectivity index (χ2v) is 5.86. The number of nitrogens with one attached hydrogen (secondary N) is 2. The second kappa shape index (κ2) is 5.93. The van der Waals surface area contributed by atoms with Crippen LogP contribution in [0.15, 0.2) is 18.2 Å². The van der Waals surface area contributed by atoms with Gasteiger partial charge in [-0.1, -0.05) is 11.6 Å². The maximum absolute atomic E-state index is 12.5. The molecule has 1 fully saturated rings. The van der Waals surface area contributed by atoms with Crippen LogP contribution >= 0.6 is 11.6 Å². The van der Waals surface area contributed by atoms with Gasteiger partial charge in [0.1, 0.15) is 5.75 Å². The quantitative estimate of drug-likeness (QED) is 0.872. The van der Waals surface area contributed by atoms with Gasteiger partial charge in [0.15, 0.2) is 0 Å². The van der Waals surface area contributed by atoms with Crippen molar-refractivity contribution in [3.63, 3.8) is 0 Å². The third-order valence-corrected chi connectivity index (χ3v) is 4.16. The van der Waals surface area contributed by atoms with Crippen LogP contribution in [0.1, 0.15) is 30.7 Å². The van der Waals surface area contributed by atoms with E-state index >= 15 is 0 Å². The van der Waals surface area contributed by atoms with Gasteiger partial charge in [-0.05, 0) is 31.0 Å². The minimum atomic E-state index is -0.266. The molecule has 1 saturated heterocycles. The standard InChI is InChI=1S/C15H17ClN2O3/c16-9-1-2-13-12(7-9)11(4-6-21-13)15(20)18-10-3-5-17-14(19)8-10/h1-2,7,10-11H,3-6,8H2,(H,17,19)(H,18,20). The van der Waals surface area contributed by atoms with Crippen LogP contribution in [0.5, 0.6) is 5.75 Å². The molecular weight excluding hydrogens is 292 g/mol. The van der Waals surface area contributed by atoms with E-state index in [2.05, 4.69) is 10.6 Å². The molecule has 0 radical (unpaired) electrons. The summed E-state index contributed by atoms with van der Waals surface area (Å²) in [6.07, 6.45) is 1.73. The molecule has 2 N–H and O–H groups in total. The number of benzene rings is 1. The number of hydrogen-bond acceptors (Lipinski definition) is 3. The summed E-state index contributed by atoms with van der Waals surface area (Å²) >= 11 is 6.02. The fraction of sp³-hybridized carbons (Fsp3) is 0.467. The number of rotatable bonds is 2. The van der Waals surface area contributed by atoms with Gasteiger partial charge in [-0.2, -0.15) is 0 Å². The van der Waals surface area contributed by atoms with Crippen LogP contribution in [-0.2, 0) is 9.59 Å². The summed E-state index contributed by atoms with van der Waals surface area (Å²) in [7, 11) is 0. The highest BCUT2D eigenvalue weighted by molar-refractivity contribution is 6.30. The molecular formula is C15H17ClN2O3. The van der Waals surface area contributed by atoms with Crippen molar-refractivity contribution in [3.05, 3.63) is 28.8 Å². The van der Waals surface area contributed by atoms with E-state index in [0.717, 1.165) is 12.0 Å². The van der Waals surface area contributed by atoms with E-state index in [1.54, 1.807) is 18.2 Å². The normalized spacial score (nSPS) is 24.5. The maximum atomic E-state index is 12.5. The molecule has 0 saturated carbocycles. The van der Waals surface area contributed by atoms with Gasteiger partial charge in [0.05, 0.1) is 12.5 Å². The van der Waals surface area contributed by atoms with Crippen LogP contribution in [0, 0.1) is 0 Å². The average molecular weight is 309 g/mol. The highest BCUT2D eigenvalue weighted by atomic mass is 35.5. The Hall–Kier alpha value is -1.75. The molecule has 0 aliphatic carbocycles. The molecule has 0 spiro atoms. The monoisotopic (exact) mass is 308 g/mol. The topological polar surface area (TPSA) is 67.4 Å². The summed E-state index contributed by atoms with van der Waals surface area (Å²) in [5.74, 6) is 0.383. The third kappa shape index (κ3) is 3.13. The van der Waals surface area contributed by atoms with Crippen molar-refractivity contribution < 1.29 is 14.3 Å². The lowest BCUT2D eigenvalue weighted by Crippen LogP contribution is -2.47. The molecule has 2 amide bonds. The molecule has 2 heterocycles. The van der Waals surface area contributed by atoms with Crippen LogP contribution in [-0.4, -0.2) is 31.0 Å². The molecule has 3 rings (SSSR count). The van der Waals surface area contributed by atoms with Gasteiger partial charge in [-0.3, -0.25) is 9.59 Å². The van der Waals surface area contributed by atoms with E-state index in [-0.39, 0.29) is 23.8 Å². The molecule has 0 bridgehead atoms. The number of fused-ring (bicyclic) bond motifs is 1. The minimum absolute atomic E-state index is 0.0121. The number of carbonyl (C=O) groups excluding carboxylic acids is 2. The van der Waals surface area contributed by atoms with E-state index < -0.39 is 0 Å². The Labute approximate surface area is 128 Å². The van der Waals surface area contributed by atoms with Crippen LogP contribution in [0.25, 0.3) is 0 Å². The minimum Gasteiger partial charge on any atom is -0.493 e. The molecule has 2 unspecified atom stereocenters. The fourth-order valence-electron chi connectivity index (χ4n) is 2.85. The van der Waals surface area contributed by atoms with Crippen molar-refractivity contribution in [2.75, 3.05) is 13.2 Å². The van der Waals surface area contributed by atoms with Gasteiger partial charge in [-0.25, -0.2) is 0 Å². The van der Waals surface area contributed by atoms with E-state index in [1.807, 2.05) is 0 Å². The Bertz CT molecular complexity index is 576. The van der Waals surface area contributed by atoms with E-state index in [0.29, 0.717) is 36.8 Å². The van der Waals surface area contributed by atoms with Crippen molar-refractivity contribution >= 4 is 23.4 Å². The van der Waals surface area contributed by atoms with Crippen molar-refractivity contribution in [3.8, 4) is 5.75 Å². The predicted octanol–water partition coefficient (Wildman–Crippen LogP) is 1.60. The van der Waals surface area contributed by atoms with Gasteiger partial charge in [-0.15, -0.1) is 0 Å². The maximum Gasteiger partial charge on any atom is 0.228 e.